The first-order chi connectivity index (χ1) is 15.6. The lowest BCUT2D eigenvalue weighted by atomic mass is 9.96. The minimum Gasteiger partial charge on any atom is -0.367 e. The molecule has 0 radical (unpaired) electrons. The van der Waals surface area contributed by atoms with Crippen molar-refractivity contribution in [1.29, 1.82) is 0 Å². The molecule has 2 amide bonds. The van der Waals surface area contributed by atoms with Gasteiger partial charge in [-0.15, -0.1) is 0 Å². The Bertz CT molecular complexity index is 1050. The van der Waals surface area contributed by atoms with Crippen molar-refractivity contribution in [2.45, 2.75) is 25.3 Å². The zero-order chi connectivity index (χ0) is 22.3. The highest BCUT2D eigenvalue weighted by Gasteiger charge is 2.30. The highest BCUT2D eigenvalue weighted by atomic mass is 32.1. The minimum atomic E-state index is -0.587. The molecule has 2 heterocycles. The lowest BCUT2D eigenvalue weighted by Crippen LogP contribution is -2.51. The molecule has 0 spiro atoms. The fraction of sp³-hybridized carbons (Fsp3) is 0.375. The summed E-state index contributed by atoms with van der Waals surface area (Å²) in [5, 5.41) is 7.39. The van der Waals surface area contributed by atoms with Gasteiger partial charge in [-0.05, 0) is 48.5 Å². The molecule has 8 heteroatoms. The standard InChI is InChI=1S/C24H29N5O2S/c25-20(15-17-7-2-1-3-8-17)24(31)29-14-6-9-18(16-29)23(30)27-13-12-26-22-19-10-4-5-11-21(19)32-28-22/h1-5,7-8,10-11,18,20H,6,9,12-16,25H2,(H,26,28)(H,27,30)/t18?,20-/m1/s1. The second-order valence-corrected chi connectivity index (χ2v) is 8.97. The smallest absolute Gasteiger partial charge is 0.239 e. The van der Waals surface area contributed by atoms with Crippen molar-refractivity contribution in [2.75, 3.05) is 31.5 Å². The number of piperidine rings is 1. The number of benzene rings is 2. The molecule has 7 nitrogen and oxygen atoms in total. The van der Waals surface area contributed by atoms with Gasteiger partial charge in [0.25, 0.3) is 0 Å². The molecule has 1 aromatic heterocycles. The van der Waals surface area contributed by atoms with Crippen LogP contribution in [0.4, 0.5) is 5.82 Å². The van der Waals surface area contributed by atoms with E-state index in [1.165, 1.54) is 11.5 Å². The monoisotopic (exact) mass is 451 g/mol. The van der Waals surface area contributed by atoms with E-state index >= 15 is 0 Å². The molecular weight excluding hydrogens is 422 g/mol. The third-order valence-corrected chi connectivity index (χ3v) is 6.64. The molecule has 1 aliphatic heterocycles. The molecule has 1 saturated heterocycles. The fourth-order valence-corrected chi connectivity index (χ4v) is 4.86. The summed E-state index contributed by atoms with van der Waals surface area (Å²) >= 11 is 1.46. The number of likely N-dealkylation sites (tertiary alicyclic amines) is 1. The van der Waals surface area contributed by atoms with Crippen LogP contribution in [0.2, 0.25) is 0 Å². The molecule has 168 valence electrons. The third-order valence-electron chi connectivity index (χ3n) is 5.81. The molecule has 0 aliphatic carbocycles. The summed E-state index contributed by atoms with van der Waals surface area (Å²) in [5.74, 6) is 0.561. The second-order valence-electron chi connectivity index (χ2n) is 8.16. The number of amides is 2. The van der Waals surface area contributed by atoms with Crippen molar-refractivity contribution >= 4 is 39.3 Å². The number of fused-ring (bicyclic) bond motifs is 1. The topological polar surface area (TPSA) is 100 Å². The number of nitrogens with one attached hydrogen (secondary N) is 2. The molecule has 2 aromatic carbocycles. The van der Waals surface area contributed by atoms with E-state index in [0.717, 1.165) is 34.3 Å². The number of nitrogens with zero attached hydrogens (tertiary/aromatic N) is 2. The van der Waals surface area contributed by atoms with Crippen LogP contribution in [0.15, 0.2) is 54.6 Å². The number of anilines is 1. The Balaban J connectivity index is 1.23. The Morgan fingerprint density at radius 2 is 1.91 bits per heavy atom. The zero-order valence-electron chi connectivity index (χ0n) is 18.0. The third kappa shape index (κ3) is 5.44. The Hall–Kier alpha value is -2.97. The number of nitrogens with two attached hydrogens (primary N) is 1. The fourth-order valence-electron chi connectivity index (χ4n) is 4.11. The van der Waals surface area contributed by atoms with Gasteiger partial charge in [0, 0.05) is 31.6 Å². The molecule has 3 aromatic rings. The number of carbonyl (C=O) groups excluding carboxylic acids is 2. The Morgan fingerprint density at radius 3 is 2.75 bits per heavy atom. The van der Waals surface area contributed by atoms with Crippen LogP contribution in [-0.2, 0) is 16.0 Å². The highest BCUT2D eigenvalue weighted by Crippen LogP contribution is 2.25. The first kappa shape index (κ1) is 22.2. The van der Waals surface area contributed by atoms with Crippen LogP contribution >= 0.6 is 11.5 Å². The lowest BCUT2D eigenvalue weighted by molar-refractivity contribution is -0.136. The molecule has 1 unspecified atom stereocenters. The molecule has 0 saturated carbocycles. The maximum absolute atomic E-state index is 12.8. The van der Waals surface area contributed by atoms with Gasteiger partial charge in [0.1, 0.15) is 5.82 Å². The number of hydrogen-bond acceptors (Lipinski definition) is 6. The summed E-state index contributed by atoms with van der Waals surface area (Å²) in [6.45, 7) is 2.18. The molecule has 4 N–H and O–H groups in total. The quantitative estimate of drug-likeness (QED) is 0.457. The van der Waals surface area contributed by atoms with Crippen LogP contribution in [-0.4, -0.2) is 53.3 Å². The van der Waals surface area contributed by atoms with Crippen molar-refractivity contribution < 1.29 is 9.59 Å². The number of carbonyl (C=O) groups is 2. The summed E-state index contributed by atoms with van der Waals surface area (Å²) in [7, 11) is 0. The number of aromatic nitrogens is 1. The summed E-state index contributed by atoms with van der Waals surface area (Å²) in [6, 6.07) is 17.3. The van der Waals surface area contributed by atoms with E-state index < -0.39 is 6.04 Å². The summed E-state index contributed by atoms with van der Waals surface area (Å²) < 4.78 is 5.58. The predicted molar refractivity (Wildman–Crippen MR) is 129 cm³/mol. The molecule has 4 rings (SSSR count). The van der Waals surface area contributed by atoms with E-state index in [1.807, 2.05) is 54.6 Å². The van der Waals surface area contributed by atoms with Crippen LogP contribution in [0.5, 0.6) is 0 Å². The van der Waals surface area contributed by atoms with Crippen molar-refractivity contribution in [3.05, 3.63) is 60.2 Å². The van der Waals surface area contributed by atoms with Gasteiger partial charge in [-0.2, -0.15) is 4.37 Å². The maximum atomic E-state index is 12.8. The Morgan fingerprint density at radius 1 is 1.12 bits per heavy atom. The average Bonchev–Trinajstić information content (AvgIpc) is 3.25. The number of rotatable bonds is 8. The van der Waals surface area contributed by atoms with Gasteiger partial charge < -0.3 is 21.3 Å². The van der Waals surface area contributed by atoms with E-state index in [-0.39, 0.29) is 17.7 Å². The molecule has 32 heavy (non-hydrogen) atoms. The summed E-state index contributed by atoms with van der Waals surface area (Å²) in [5.41, 5.74) is 7.22. The molecule has 0 bridgehead atoms. The normalized spacial score (nSPS) is 17.2. The van der Waals surface area contributed by atoms with Crippen LogP contribution in [0, 0.1) is 5.92 Å². The van der Waals surface area contributed by atoms with Crippen LogP contribution in [0.1, 0.15) is 18.4 Å². The first-order valence-corrected chi connectivity index (χ1v) is 11.8. The van der Waals surface area contributed by atoms with Gasteiger partial charge in [0.15, 0.2) is 0 Å². The molecule has 1 fully saturated rings. The summed E-state index contributed by atoms with van der Waals surface area (Å²) in [6.07, 6.45) is 2.10. The SMILES string of the molecule is N[C@H](Cc1ccccc1)C(=O)N1CCCC(C(=O)NCCNc2nsc3ccccc23)C1. The van der Waals surface area contributed by atoms with E-state index in [4.69, 9.17) is 5.73 Å². The van der Waals surface area contributed by atoms with Crippen molar-refractivity contribution in [3.63, 3.8) is 0 Å². The van der Waals surface area contributed by atoms with Crippen LogP contribution in [0.3, 0.4) is 0 Å². The van der Waals surface area contributed by atoms with E-state index in [1.54, 1.807) is 4.90 Å². The largest absolute Gasteiger partial charge is 0.367 e. The average molecular weight is 452 g/mol. The highest BCUT2D eigenvalue weighted by molar-refractivity contribution is 7.13. The second kappa shape index (κ2) is 10.6. The van der Waals surface area contributed by atoms with Crippen LogP contribution in [0.25, 0.3) is 10.1 Å². The lowest BCUT2D eigenvalue weighted by Gasteiger charge is -2.33. The Kier molecular flexibility index (Phi) is 7.34. The molecular formula is C24H29N5O2S. The van der Waals surface area contributed by atoms with Gasteiger partial charge in [0.2, 0.25) is 11.8 Å². The van der Waals surface area contributed by atoms with Gasteiger partial charge in [-0.25, -0.2) is 0 Å². The van der Waals surface area contributed by atoms with Crippen molar-refractivity contribution in [3.8, 4) is 0 Å². The van der Waals surface area contributed by atoms with Crippen LogP contribution < -0.4 is 16.4 Å². The van der Waals surface area contributed by atoms with E-state index in [0.29, 0.717) is 32.6 Å². The summed E-state index contributed by atoms with van der Waals surface area (Å²) in [4.78, 5) is 27.3. The van der Waals surface area contributed by atoms with Gasteiger partial charge in [-0.3, -0.25) is 9.59 Å². The van der Waals surface area contributed by atoms with Crippen molar-refractivity contribution in [1.82, 2.24) is 14.6 Å². The Labute approximate surface area is 192 Å². The van der Waals surface area contributed by atoms with Gasteiger partial charge in [0.05, 0.1) is 16.7 Å². The predicted octanol–water partition coefficient (Wildman–Crippen LogP) is 2.63. The molecule has 2 atom stereocenters. The first-order valence-electron chi connectivity index (χ1n) is 11.1. The van der Waals surface area contributed by atoms with E-state index in [9.17, 15) is 9.59 Å². The maximum Gasteiger partial charge on any atom is 0.239 e. The minimum absolute atomic E-state index is 0.0101. The number of hydrogen-bond donors (Lipinski definition) is 3. The van der Waals surface area contributed by atoms with Gasteiger partial charge >= 0.3 is 0 Å². The van der Waals surface area contributed by atoms with Crippen molar-refractivity contribution in [2.24, 2.45) is 11.7 Å². The van der Waals surface area contributed by atoms with E-state index in [2.05, 4.69) is 15.0 Å². The zero-order valence-corrected chi connectivity index (χ0v) is 18.8. The molecule has 1 aliphatic rings. The van der Waals surface area contributed by atoms with Gasteiger partial charge in [-0.1, -0.05) is 42.5 Å².